The normalized spacial score (nSPS) is 13.2. The molecule has 0 unspecified atom stereocenters. The van der Waals surface area contributed by atoms with Gasteiger partial charge in [0.25, 0.3) is 11.8 Å². The van der Waals surface area contributed by atoms with E-state index in [0.29, 0.717) is 22.4 Å². The molecule has 2 aromatic carbocycles. The molecule has 1 aliphatic rings. The van der Waals surface area contributed by atoms with E-state index in [0.717, 1.165) is 0 Å². The minimum Gasteiger partial charge on any atom is -0.326 e. The van der Waals surface area contributed by atoms with E-state index in [2.05, 4.69) is 5.32 Å². The van der Waals surface area contributed by atoms with Crippen molar-refractivity contribution >= 4 is 23.4 Å². The molecule has 1 heterocycles. The van der Waals surface area contributed by atoms with E-state index < -0.39 is 0 Å². The Balaban J connectivity index is 1.91. The maximum absolute atomic E-state index is 12.4. The van der Waals surface area contributed by atoms with Crippen LogP contribution in [0.3, 0.4) is 0 Å². The van der Waals surface area contributed by atoms with Crippen LogP contribution in [0, 0.1) is 0 Å². The molecule has 3 amide bonds. The molecule has 0 atom stereocenters. The lowest BCUT2D eigenvalue weighted by molar-refractivity contribution is -0.114. The van der Waals surface area contributed by atoms with Gasteiger partial charge in [0, 0.05) is 12.6 Å². The summed E-state index contributed by atoms with van der Waals surface area (Å²) in [6, 6.07) is 13.9. The number of nitrogens with one attached hydrogen (secondary N) is 1. The average molecular weight is 294 g/mol. The molecule has 0 bridgehead atoms. The van der Waals surface area contributed by atoms with E-state index >= 15 is 0 Å². The van der Waals surface area contributed by atoms with E-state index in [9.17, 15) is 14.4 Å². The van der Waals surface area contributed by atoms with Crippen molar-refractivity contribution in [3.63, 3.8) is 0 Å². The minimum absolute atomic E-state index is 0.128. The molecule has 0 fully saturated rings. The monoisotopic (exact) mass is 294 g/mol. The highest BCUT2D eigenvalue weighted by atomic mass is 16.2. The summed E-state index contributed by atoms with van der Waals surface area (Å²) in [5.74, 6) is -0.814. The molecule has 22 heavy (non-hydrogen) atoms. The lowest BCUT2D eigenvalue weighted by Crippen LogP contribution is -2.29. The Morgan fingerprint density at radius 3 is 2.09 bits per heavy atom. The first kappa shape index (κ1) is 14.0. The van der Waals surface area contributed by atoms with Crippen molar-refractivity contribution in [2.24, 2.45) is 0 Å². The molecule has 5 heteroatoms. The van der Waals surface area contributed by atoms with Gasteiger partial charge in [-0.3, -0.25) is 19.3 Å². The third-order valence-corrected chi connectivity index (χ3v) is 3.53. The van der Waals surface area contributed by atoms with Crippen molar-refractivity contribution in [1.29, 1.82) is 0 Å². The Kier molecular flexibility index (Phi) is 3.47. The molecule has 0 saturated carbocycles. The number of nitrogens with zero attached hydrogens (tertiary/aromatic N) is 1. The predicted octanol–water partition coefficient (Wildman–Crippen LogP) is 2.44. The lowest BCUT2D eigenvalue weighted by atomic mass is 10.1. The molecular formula is C17H14N2O3. The molecule has 110 valence electrons. The maximum Gasteiger partial charge on any atom is 0.261 e. The second-order valence-corrected chi connectivity index (χ2v) is 5.08. The van der Waals surface area contributed by atoms with Gasteiger partial charge in [-0.25, -0.2) is 0 Å². The van der Waals surface area contributed by atoms with Crippen molar-refractivity contribution in [3.8, 4) is 0 Å². The van der Waals surface area contributed by atoms with E-state index in [-0.39, 0.29) is 24.3 Å². The summed E-state index contributed by atoms with van der Waals surface area (Å²) in [6.45, 7) is 1.54. The summed E-state index contributed by atoms with van der Waals surface area (Å²) >= 11 is 0. The smallest absolute Gasteiger partial charge is 0.261 e. The zero-order chi connectivity index (χ0) is 15.7. The number of carbonyl (C=O) groups is 3. The maximum atomic E-state index is 12.4. The zero-order valence-corrected chi connectivity index (χ0v) is 12.0. The van der Waals surface area contributed by atoms with Crippen molar-refractivity contribution < 1.29 is 14.4 Å². The molecule has 5 nitrogen and oxygen atoms in total. The van der Waals surface area contributed by atoms with Crippen LogP contribution in [-0.4, -0.2) is 22.6 Å². The number of rotatable bonds is 3. The third-order valence-electron chi connectivity index (χ3n) is 3.53. The number of carbonyl (C=O) groups excluding carboxylic acids is 3. The van der Waals surface area contributed by atoms with Gasteiger partial charge in [-0.2, -0.15) is 0 Å². The van der Waals surface area contributed by atoms with Crippen LogP contribution in [0.25, 0.3) is 0 Å². The predicted molar refractivity (Wildman–Crippen MR) is 81.4 cm³/mol. The highest BCUT2D eigenvalue weighted by molar-refractivity contribution is 6.21. The fourth-order valence-corrected chi connectivity index (χ4v) is 2.52. The van der Waals surface area contributed by atoms with Gasteiger partial charge in [0.1, 0.15) is 0 Å². The molecule has 3 rings (SSSR count). The van der Waals surface area contributed by atoms with Crippen molar-refractivity contribution in [2.45, 2.75) is 13.5 Å². The van der Waals surface area contributed by atoms with Crippen LogP contribution in [0.2, 0.25) is 0 Å². The van der Waals surface area contributed by atoms with Gasteiger partial charge in [0.15, 0.2) is 0 Å². The summed E-state index contributed by atoms with van der Waals surface area (Å²) < 4.78 is 0. The molecule has 2 aromatic rings. The standard InChI is InChI=1S/C17H14N2O3/c1-11(20)18-15-9-5-2-6-12(15)10-19-16(21)13-7-3-4-8-14(13)17(19)22/h2-9H,10H2,1H3,(H,18,20). The van der Waals surface area contributed by atoms with E-state index in [4.69, 9.17) is 0 Å². The van der Waals surface area contributed by atoms with Gasteiger partial charge in [-0.15, -0.1) is 0 Å². The van der Waals surface area contributed by atoms with Crippen molar-refractivity contribution in [2.75, 3.05) is 5.32 Å². The highest BCUT2D eigenvalue weighted by Gasteiger charge is 2.35. The van der Waals surface area contributed by atoms with E-state index in [1.807, 2.05) is 0 Å². The first-order valence-corrected chi connectivity index (χ1v) is 6.88. The van der Waals surface area contributed by atoms with Crippen LogP contribution in [0.4, 0.5) is 5.69 Å². The highest BCUT2D eigenvalue weighted by Crippen LogP contribution is 2.26. The van der Waals surface area contributed by atoms with Gasteiger partial charge in [-0.1, -0.05) is 30.3 Å². The summed E-state index contributed by atoms with van der Waals surface area (Å²) in [5, 5.41) is 2.71. The second kappa shape index (κ2) is 5.44. The largest absolute Gasteiger partial charge is 0.326 e. The Hall–Kier alpha value is -2.95. The number of hydrogen-bond acceptors (Lipinski definition) is 3. The quantitative estimate of drug-likeness (QED) is 0.884. The molecule has 0 spiro atoms. The SMILES string of the molecule is CC(=O)Nc1ccccc1CN1C(=O)c2ccccc2C1=O. The van der Waals surface area contributed by atoms with E-state index in [1.54, 1.807) is 48.5 Å². The molecule has 0 aliphatic carbocycles. The fraction of sp³-hybridized carbons (Fsp3) is 0.118. The third kappa shape index (κ3) is 2.37. The molecular weight excluding hydrogens is 280 g/mol. The van der Waals surface area contributed by atoms with Crippen molar-refractivity contribution in [1.82, 2.24) is 4.90 Å². The van der Waals surface area contributed by atoms with Gasteiger partial charge < -0.3 is 5.32 Å². The van der Waals surface area contributed by atoms with Gasteiger partial charge in [-0.05, 0) is 23.8 Å². The summed E-state index contributed by atoms with van der Waals surface area (Å²) in [5.41, 5.74) is 2.16. The Morgan fingerprint density at radius 1 is 0.955 bits per heavy atom. The Labute approximate surface area is 127 Å². The number of para-hydroxylation sites is 1. The topological polar surface area (TPSA) is 66.5 Å². The van der Waals surface area contributed by atoms with E-state index in [1.165, 1.54) is 11.8 Å². The van der Waals surface area contributed by atoms with Crippen LogP contribution < -0.4 is 5.32 Å². The van der Waals surface area contributed by atoms with Gasteiger partial charge >= 0.3 is 0 Å². The van der Waals surface area contributed by atoms with Crippen LogP contribution in [0.15, 0.2) is 48.5 Å². The number of fused-ring (bicyclic) bond motifs is 1. The van der Waals surface area contributed by atoms with Gasteiger partial charge in [0.2, 0.25) is 5.91 Å². The lowest BCUT2D eigenvalue weighted by Gasteiger charge is -2.16. The summed E-state index contributed by atoms with van der Waals surface area (Å²) in [7, 11) is 0. The first-order valence-electron chi connectivity index (χ1n) is 6.88. The number of amides is 3. The summed E-state index contributed by atoms with van der Waals surface area (Å²) in [4.78, 5) is 37.2. The molecule has 0 aromatic heterocycles. The number of imide groups is 1. The van der Waals surface area contributed by atoms with Crippen molar-refractivity contribution in [3.05, 3.63) is 65.2 Å². The molecule has 1 N–H and O–H groups in total. The summed E-state index contributed by atoms with van der Waals surface area (Å²) in [6.07, 6.45) is 0. The average Bonchev–Trinajstić information content (AvgIpc) is 2.74. The number of hydrogen-bond donors (Lipinski definition) is 1. The van der Waals surface area contributed by atoms with Crippen LogP contribution in [-0.2, 0) is 11.3 Å². The second-order valence-electron chi connectivity index (χ2n) is 5.08. The first-order chi connectivity index (χ1) is 10.6. The molecule has 0 saturated heterocycles. The zero-order valence-electron chi connectivity index (χ0n) is 12.0. The Bertz CT molecular complexity index is 748. The molecule has 0 radical (unpaired) electrons. The van der Waals surface area contributed by atoms with Crippen LogP contribution >= 0.6 is 0 Å². The minimum atomic E-state index is -0.307. The van der Waals surface area contributed by atoms with Gasteiger partial charge in [0.05, 0.1) is 17.7 Å². The molecule has 1 aliphatic heterocycles. The van der Waals surface area contributed by atoms with Crippen LogP contribution in [0.5, 0.6) is 0 Å². The Morgan fingerprint density at radius 2 is 1.50 bits per heavy atom. The number of benzene rings is 2. The van der Waals surface area contributed by atoms with Crippen LogP contribution in [0.1, 0.15) is 33.2 Å². The number of anilines is 1. The fourth-order valence-electron chi connectivity index (χ4n) is 2.52.